The number of carboxylic acid groups (broad SMARTS) is 1. The van der Waals surface area contributed by atoms with Crippen molar-refractivity contribution < 1.29 is 9.90 Å². The summed E-state index contributed by atoms with van der Waals surface area (Å²) in [6, 6.07) is 5.52. The summed E-state index contributed by atoms with van der Waals surface area (Å²) in [5.74, 6) is -0.955. The number of carboxylic acids is 1. The van der Waals surface area contributed by atoms with Gasteiger partial charge in [0.05, 0.1) is 5.56 Å². The zero-order chi connectivity index (χ0) is 22.3. The molecule has 0 heterocycles. The molecule has 0 radical (unpaired) electrons. The summed E-state index contributed by atoms with van der Waals surface area (Å²) in [4.78, 5) is 12.1. The molecule has 152 valence electrons. The summed E-state index contributed by atoms with van der Waals surface area (Å²) >= 11 is 0. The number of allylic oxidation sites excluding steroid dienone is 11. The van der Waals surface area contributed by atoms with Gasteiger partial charge in [0.2, 0.25) is 0 Å². The number of aromatic carboxylic acids is 1. The van der Waals surface area contributed by atoms with E-state index in [9.17, 15) is 9.90 Å². The monoisotopic (exact) mass is 388 g/mol. The molecule has 0 aliphatic rings. The van der Waals surface area contributed by atoms with Gasteiger partial charge in [0.1, 0.15) is 0 Å². The molecule has 2 nitrogen and oxygen atoms in total. The van der Waals surface area contributed by atoms with Crippen molar-refractivity contribution in [2.75, 3.05) is 0 Å². The zero-order valence-corrected chi connectivity index (χ0v) is 18.5. The van der Waals surface area contributed by atoms with Crippen molar-refractivity contribution >= 4 is 11.5 Å². The van der Waals surface area contributed by atoms with E-state index in [1.54, 1.807) is 6.07 Å². The lowest BCUT2D eigenvalue weighted by molar-refractivity contribution is 0.0696. The predicted molar refractivity (Wildman–Crippen MR) is 126 cm³/mol. The number of rotatable bonds is 8. The Bertz CT molecular complexity index is 972. The smallest absolute Gasteiger partial charge is 0.336 e. The van der Waals surface area contributed by atoms with E-state index in [0.29, 0.717) is 5.56 Å². The lowest BCUT2D eigenvalue weighted by atomic mass is 9.84. The van der Waals surface area contributed by atoms with Gasteiger partial charge in [-0.05, 0) is 69.9 Å². The van der Waals surface area contributed by atoms with E-state index in [0.717, 1.165) is 44.6 Å². The molecule has 0 saturated heterocycles. The molecule has 29 heavy (non-hydrogen) atoms. The second-order valence-electron chi connectivity index (χ2n) is 7.70. The Morgan fingerprint density at radius 2 is 1.34 bits per heavy atom. The van der Waals surface area contributed by atoms with Gasteiger partial charge in [-0.3, -0.25) is 0 Å². The Labute approximate surface area is 175 Å². The molecule has 0 amide bonds. The Balaban J connectivity index is 4.14. The molecule has 0 aliphatic carbocycles. The molecule has 2 heteroatoms. The third-order valence-electron chi connectivity index (χ3n) is 4.28. The van der Waals surface area contributed by atoms with Gasteiger partial charge in [0, 0.05) is 0 Å². The molecule has 0 bridgehead atoms. The highest BCUT2D eigenvalue weighted by atomic mass is 16.4. The van der Waals surface area contributed by atoms with Crippen molar-refractivity contribution in [3.8, 4) is 0 Å². The summed E-state index contributed by atoms with van der Waals surface area (Å²) in [6.07, 6.45) is 7.82. The number of hydrogen-bond donors (Lipinski definition) is 1. The second kappa shape index (κ2) is 10.4. The molecular formula is C27H32O2. The fourth-order valence-corrected chi connectivity index (χ4v) is 2.88. The van der Waals surface area contributed by atoms with E-state index in [1.807, 2.05) is 78.0 Å². The van der Waals surface area contributed by atoms with Crippen LogP contribution in [0.4, 0.5) is 0 Å². The van der Waals surface area contributed by atoms with E-state index in [4.69, 9.17) is 0 Å². The van der Waals surface area contributed by atoms with Crippen LogP contribution in [0, 0.1) is 6.92 Å². The molecule has 1 N–H and O–H groups in total. The number of hydrogen-bond acceptors (Lipinski definition) is 1. The molecule has 0 aromatic heterocycles. The topological polar surface area (TPSA) is 37.3 Å². The lowest BCUT2D eigenvalue weighted by Gasteiger charge is -2.19. The molecule has 0 aliphatic heterocycles. The first-order chi connectivity index (χ1) is 13.5. The van der Waals surface area contributed by atoms with Crippen LogP contribution in [0.1, 0.15) is 56.1 Å². The van der Waals surface area contributed by atoms with Gasteiger partial charge in [0.25, 0.3) is 0 Å². The highest BCUT2D eigenvalue weighted by molar-refractivity contribution is 5.99. The summed E-state index contributed by atoms with van der Waals surface area (Å²) in [6.45, 7) is 23.8. The first-order valence-electron chi connectivity index (χ1n) is 9.55. The van der Waals surface area contributed by atoms with E-state index in [2.05, 4.69) is 19.7 Å². The first-order valence-corrected chi connectivity index (χ1v) is 9.55. The van der Waals surface area contributed by atoms with Gasteiger partial charge in [-0.25, -0.2) is 4.79 Å². The van der Waals surface area contributed by atoms with Crippen LogP contribution in [0.25, 0.3) is 5.57 Å². The largest absolute Gasteiger partial charge is 0.478 e. The SMILES string of the molecule is C=C(C)C=CC(=C(C)C)C(=C(C=CC(=C)C)C(=C)C)c1ccc(C)cc1C(=O)O. The van der Waals surface area contributed by atoms with Crippen LogP contribution in [0.2, 0.25) is 0 Å². The average molecular weight is 389 g/mol. The Morgan fingerprint density at radius 3 is 1.76 bits per heavy atom. The molecule has 0 unspecified atom stereocenters. The minimum atomic E-state index is -0.955. The minimum Gasteiger partial charge on any atom is -0.478 e. The van der Waals surface area contributed by atoms with E-state index in [1.165, 1.54) is 0 Å². The Morgan fingerprint density at radius 1 is 0.828 bits per heavy atom. The van der Waals surface area contributed by atoms with Crippen LogP contribution in [-0.4, -0.2) is 11.1 Å². The van der Waals surface area contributed by atoms with Gasteiger partial charge < -0.3 is 5.11 Å². The summed E-state index contributed by atoms with van der Waals surface area (Å²) in [7, 11) is 0. The van der Waals surface area contributed by atoms with E-state index >= 15 is 0 Å². The number of benzene rings is 1. The minimum absolute atomic E-state index is 0.268. The van der Waals surface area contributed by atoms with Gasteiger partial charge in [-0.2, -0.15) is 0 Å². The van der Waals surface area contributed by atoms with Crippen molar-refractivity contribution in [3.05, 3.63) is 112 Å². The molecule has 0 fully saturated rings. The quantitative estimate of drug-likeness (QED) is 0.465. The van der Waals surface area contributed by atoms with Crippen LogP contribution >= 0.6 is 0 Å². The highest BCUT2D eigenvalue weighted by Gasteiger charge is 2.20. The molecule has 0 atom stereocenters. The maximum Gasteiger partial charge on any atom is 0.336 e. The van der Waals surface area contributed by atoms with Crippen LogP contribution in [-0.2, 0) is 0 Å². The Hall–Kier alpha value is -3.13. The maximum absolute atomic E-state index is 12.1. The van der Waals surface area contributed by atoms with Crippen LogP contribution in [0.5, 0.6) is 0 Å². The predicted octanol–water partition coefficient (Wildman–Crippen LogP) is 7.62. The third-order valence-corrected chi connectivity index (χ3v) is 4.28. The van der Waals surface area contributed by atoms with Crippen molar-refractivity contribution in [3.63, 3.8) is 0 Å². The first kappa shape index (κ1) is 23.9. The second-order valence-corrected chi connectivity index (χ2v) is 7.70. The van der Waals surface area contributed by atoms with E-state index in [-0.39, 0.29) is 5.56 Å². The molecule has 1 rings (SSSR count). The molecule has 0 saturated carbocycles. The lowest BCUT2D eigenvalue weighted by Crippen LogP contribution is -2.06. The normalized spacial score (nSPS) is 12.1. The molecular weight excluding hydrogens is 356 g/mol. The molecule has 1 aromatic carbocycles. The van der Waals surface area contributed by atoms with Crippen molar-refractivity contribution in [2.24, 2.45) is 0 Å². The van der Waals surface area contributed by atoms with Crippen molar-refractivity contribution in [2.45, 2.75) is 41.5 Å². The van der Waals surface area contributed by atoms with Crippen LogP contribution < -0.4 is 0 Å². The van der Waals surface area contributed by atoms with Gasteiger partial charge in [-0.15, -0.1) is 0 Å². The Kier molecular flexibility index (Phi) is 8.59. The van der Waals surface area contributed by atoms with Crippen LogP contribution in [0.15, 0.2) is 95.7 Å². The van der Waals surface area contributed by atoms with Crippen LogP contribution in [0.3, 0.4) is 0 Å². The molecule has 0 spiro atoms. The van der Waals surface area contributed by atoms with Gasteiger partial charge >= 0.3 is 5.97 Å². The zero-order valence-electron chi connectivity index (χ0n) is 18.5. The summed E-state index contributed by atoms with van der Waals surface area (Å²) < 4.78 is 0. The van der Waals surface area contributed by atoms with Gasteiger partial charge in [0.15, 0.2) is 0 Å². The average Bonchev–Trinajstić information content (AvgIpc) is 2.59. The third kappa shape index (κ3) is 6.76. The summed E-state index contributed by atoms with van der Waals surface area (Å²) in [5, 5.41) is 9.89. The fourth-order valence-electron chi connectivity index (χ4n) is 2.88. The maximum atomic E-state index is 12.1. The van der Waals surface area contributed by atoms with Gasteiger partial charge in [-0.1, -0.05) is 84.0 Å². The molecule has 1 aromatic rings. The van der Waals surface area contributed by atoms with E-state index < -0.39 is 5.97 Å². The van der Waals surface area contributed by atoms with Crippen molar-refractivity contribution in [1.82, 2.24) is 0 Å². The fraction of sp³-hybridized carbons (Fsp3) is 0.222. The number of carbonyl (C=O) groups is 1. The number of aryl methyl sites for hydroxylation is 1. The highest BCUT2D eigenvalue weighted by Crippen LogP contribution is 2.36. The standard InChI is InChI=1S/C27H32O2/c1-17(2)10-13-22(19(5)6)26(23(20(7)8)14-11-18(3)4)24-15-12-21(9)16-25(24)27(28)29/h10-16H,1,3,5H2,2,4,6-9H3,(H,28,29). The van der Waals surface area contributed by atoms with Crippen molar-refractivity contribution in [1.29, 1.82) is 0 Å². The summed E-state index contributed by atoms with van der Waals surface area (Å²) in [5.41, 5.74) is 8.22.